The zero-order valence-corrected chi connectivity index (χ0v) is 12.0. The van der Waals surface area contributed by atoms with Gasteiger partial charge in [-0.05, 0) is 38.8 Å². The summed E-state index contributed by atoms with van der Waals surface area (Å²) >= 11 is 6.26. The first-order chi connectivity index (χ1) is 9.20. The number of ether oxygens (including phenoxy) is 1. The molecule has 2 aromatic heterocycles. The number of rotatable bonds is 4. The second kappa shape index (κ2) is 5.10. The van der Waals surface area contributed by atoms with Gasteiger partial charge in [0.2, 0.25) is 0 Å². The lowest BCUT2D eigenvalue weighted by Crippen LogP contribution is -2.34. The summed E-state index contributed by atoms with van der Waals surface area (Å²) in [6.07, 6.45) is 4.22. The molecule has 102 valence electrons. The molecule has 3 rings (SSSR count). The molecule has 0 aliphatic heterocycles. The minimum absolute atomic E-state index is 0.111. The van der Waals surface area contributed by atoms with Gasteiger partial charge < -0.3 is 9.30 Å². The van der Waals surface area contributed by atoms with E-state index in [1.165, 1.54) is 0 Å². The van der Waals surface area contributed by atoms with Crippen molar-refractivity contribution in [3.8, 4) is 0 Å². The van der Waals surface area contributed by atoms with E-state index < -0.39 is 0 Å². The lowest BCUT2D eigenvalue weighted by Gasteiger charge is -2.36. The van der Waals surface area contributed by atoms with Crippen molar-refractivity contribution in [2.75, 3.05) is 6.61 Å². The highest BCUT2D eigenvalue weighted by Crippen LogP contribution is 2.39. The molecule has 2 heterocycles. The molecule has 1 aliphatic rings. The number of halogens is 1. The van der Waals surface area contributed by atoms with Crippen molar-refractivity contribution in [1.82, 2.24) is 14.5 Å². The average molecular weight is 280 g/mol. The number of imidazole rings is 1. The number of hydrogen-bond acceptors (Lipinski definition) is 3. The van der Waals surface area contributed by atoms with E-state index in [1.54, 1.807) is 0 Å². The molecule has 0 saturated heterocycles. The van der Waals surface area contributed by atoms with E-state index in [0.29, 0.717) is 12.1 Å². The number of aromatic nitrogens is 3. The molecule has 5 heteroatoms. The fraction of sp³-hybridized carbons (Fsp3) is 0.571. The summed E-state index contributed by atoms with van der Waals surface area (Å²) < 4.78 is 7.83. The van der Waals surface area contributed by atoms with E-state index in [0.717, 1.165) is 36.4 Å². The Labute approximate surface area is 117 Å². The second-order valence-corrected chi connectivity index (χ2v) is 5.66. The van der Waals surface area contributed by atoms with Crippen molar-refractivity contribution >= 4 is 22.8 Å². The van der Waals surface area contributed by atoms with Crippen molar-refractivity contribution in [2.45, 2.75) is 44.2 Å². The van der Waals surface area contributed by atoms with Crippen molar-refractivity contribution in [1.29, 1.82) is 0 Å². The molecule has 1 aliphatic carbocycles. The van der Waals surface area contributed by atoms with Crippen molar-refractivity contribution in [2.24, 2.45) is 0 Å². The number of fused-ring (bicyclic) bond motifs is 1. The van der Waals surface area contributed by atoms with E-state index in [1.807, 2.05) is 32.2 Å². The van der Waals surface area contributed by atoms with Gasteiger partial charge in [0.25, 0.3) is 0 Å². The van der Waals surface area contributed by atoms with Crippen LogP contribution in [0.25, 0.3) is 11.2 Å². The van der Waals surface area contributed by atoms with Crippen molar-refractivity contribution < 1.29 is 4.74 Å². The highest BCUT2D eigenvalue weighted by molar-refractivity contribution is 6.20. The standard InChI is InChI=1S/C14H18ClN3O/c1-3-19-11-7-10(8-11)18-13(9(2)15)17-12-5-4-6-16-14(12)18/h4-6,9-11H,3,7-8H2,1-2H3. The van der Waals surface area contributed by atoms with Gasteiger partial charge in [0.1, 0.15) is 11.3 Å². The van der Waals surface area contributed by atoms with Crippen molar-refractivity contribution in [3.05, 3.63) is 24.2 Å². The van der Waals surface area contributed by atoms with Crippen LogP contribution in [-0.4, -0.2) is 27.2 Å². The van der Waals surface area contributed by atoms with Crippen LogP contribution in [-0.2, 0) is 4.74 Å². The van der Waals surface area contributed by atoms with E-state index in [-0.39, 0.29) is 5.38 Å². The zero-order valence-electron chi connectivity index (χ0n) is 11.2. The van der Waals surface area contributed by atoms with Crippen LogP contribution in [0.3, 0.4) is 0 Å². The van der Waals surface area contributed by atoms with Crippen LogP contribution in [0, 0.1) is 0 Å². The molecule has 0 radical (unpaired) electrons. The number of hydrogen-bond donors (Lipinski definition) is 0. The van der Waals surface area contributed by atoms with E-state index >= 15 is 0 Å². The fourth-order valence-corrected chi connectivity index (χ4v) is 2.86. The molecule has 0 amide bonds. The molecule has 0 spiro atoms. The molecular weight excluding hydrogens is 262 g/mol. The molecule has 1 atom stereocenters. The topological polar surface area (TPSA) is 39.9 Å². The highest BCUT2D eigenvalue weighted by atomic mass is 35.5. The Morgan fingerprint density at radius 2 is 2.32 bits per heavy atom. The van der Waals surface area contributed by atoms with Crippen LogP contribution >= 0.6 is 11.6 Å². The summed E-state index contributed by atoms with van der Waals surface area (Å²) in [5.74, 6) is 0.912. The molecular formula is C14H18ClN3O. The summed E-state index contributed by atoms with van der Waals surface area (Å²) in [7, 11) is 0. The molecule has 4 nitrogen and oxygen atoms in total. The lowest BCUT2D eigenvalue weighted by atomic mass is 9.88. The maximum absolute atomic E-state index is 6.26. The smallest absolute Gasteiger partial charge is 0.160 e. The average Bonchev–Trinajstić information content (AvgIpc) is 2.72. The summed E-state index contributed by atoms with van der Waals surface area (Å²) in [5.41, 5.74) is 1.86. The SMILES string of the molecule is CCOC1CC(n2c(C(C)Cl)nc3cccnc32)C1. The molecule has 1 unspecified atom stereocenters. The zero-order chi connectivity index (χ0) is 13.4. The number of alkyl halides is 1. The third-order valence-electron chi connectivity index (χ3n) is 3.67. The number of nitrogens with zero attached hydrogens (tertiary/aromatic N) is 3. The van der Waals surface area contributed by atoms with E-state index in [4.69, 9.17) is 16.3 Å². The monoisotopic (exact) mass is 279 g/mol. The first-order valence-electron chi connectivity index (χ1n) is 6.79. The van der Waals surface area contributed by atoms with Crippen LogP contribution in [0.2, 0.25) is 0 Å². The Balaban J connectivity index is 1.95. The molecule has 0 N–H and O–H groups in total. The van der Waals surface area contributed by atoms with Gasteiger partial charge in [0, 0.05) is 18.8 Å². The first-order valence-corrected chi connectivity index (χ1v) is 7.22. The predicted octanol–water partition coefficient (Wildman–Crippen LogP) is 3.47. The molecule has 0 bridgehead atoms. The Morgan fingerprint density at radius 1 is 1.53 bits per heavy atom. The predicted molar refractivity (Wildman–Crippen MR) is 75.5 cm³/mol. The minimum atomic E-state index is -0.111. The molecule has 1 fully saturated rings. The van der Waals surface area contributed by atoms with Gasteiger partial charge in [-0.15, -0.1) is 11.6 Å². The first kappa shape index (κ1) is 12.9. The third-order valence-corrected chi connectivity index (χ3v) is 3.86. The minimum Gasteiger partial charge on any atom is -0.378 e. The largest absolute Gasteiger partial charge is 0.378 e. The van der Waals surface area contributed by atoms with Crippen LogP contribution in [0.5, 0.6) is 0 Å². The van der Waals surface area contributed by atoms with Crippen LogP contribution < -0.4 is 0 Å². The quantitative estimate of drug-likeness (QED) is 0.805. The summed E-state index contributed by atoms with van der Waals surface area (Å²) in [6.45, 7) is 4.77. The van der Waals surface area contributed by atoms with Gasteiger partial charge in [-0.2, -0.15) is 0 Å². The maximum Gasteiger partial charge on any atom is 0.160 e. The van der Waals surface area contributed by atoms with Gasteiger partial charge in [-0.1, -0.05) is 0 Å². The van der Waals surface area contributed by atoms with Crippen molar-refractivity contribution in [3.63, 3.8) is 0 Å². The summed E-state index contributed by atoms with van der Waals surface area (Å²) in [6, 6.07) is 4.31. The van der Waals surface area contributed by atoms with E-state index in [9.17, 15) is 0 Å². The lowest BCUT2D eigenvalue weighted by molar-refractivity contribution is -0.0194. The fourth-order valence-electron chi connectivity index (χ4n) is 2.71. The molecule has 1 saturated carbocycles. The Morgan fingerprint density at radius 3 is 3.00 bits per heavy atom. The molecule has 19 heavy (non-hydrogen) atoms. The Kier molecular flexibility index (Phi) is 3.46. The second-order valence-electron chi connectivity index (χ2n) is 5.00. The van der Waals surface area contributed by atoms with Gasteiger partial charge >= 0.3 is 0 Å². The molecule has 0 aromatic carbocycles. The molecule has 2 aromatic rings. The van der Waals surface area contributed by atoms with Crippen LogP contribution in [0.4, 0.5) is 0 Å². The number of pyridine rings is 1. The van der Waals surface area contributed by atoms with E-state index in [2.05, 4.69) is 14.5 Å². The van der Waals surface area contributed by atoms with Crippen LogP contribution in [0.1, 0.15) is 43.9 Å². The summed E-state index contributed by atoms with van der Waals surface area (Å²) in [5, 5.41) is -0.111. The maximum atomic E-state index is 6.26. The normalized spacial score (nSPS) is 24.4. The Hall–Kier alpha value is -1.13. The van der Waals surface area contributed by atoms with Gasteiger partial charge in [0.15, 0.2) is 5.65 Å². The third kappa shape index (κ3) is 2.23. The van der Waals surface area contributed by atoms with Crippen LogP contribution in [0.15, 0.2) is 18.3 Å². The van der Waals surface area contributed by atoms with Gasteiger partial charge in [0.05, 0.1) is 11.5 Å². The Bertz CT molecular complexity index is 575. The van der Waals surface area contributed by atoms with Gasteiger partial charge in [-0.25, -0.2) is 9.97 Å². The van der Waals surface area contributed by atoms with Gasteiger partial charge in [-0.3, -0.25) is 0 Å². The summed E-state index contributed by atoms with van der Waals surface area (Å²) in [4.78, 5) is 9.07. The highest BCUT2D eigenvalue weighted by Gasteiger charge is 2.34.